The number of nitrogens with zero attached hydrogens (tertiary/aromatic N) is 1. The van der Waals surface area contributed by atoms with E-state index in [2.05, 4.69) is 31.8 Å². The van der Waals surface area contributed by atoms with Gasteiger partial charge >= 0.3 is 0 Å². The number of hydrazone groups is 1. The maximum absolute atomic E-state index is 12.1. The number of carbonyl (C=O) groups is 2. The number of hydrogen-bond acceptors (Lipinski definition) is 5. The molecule has 0 aliphatic rings. The third-order valence-electron chi connectivity index (χ3n) is 4.43. The van der Waals surface area contributed by atoms with E-state index in [1.165, 1.54) is 13.3 Å². The molecule has 2 N–H and O–H groups in total. The second kappa shape index (κ2) is 12.4. The van der Waals surface area contributed by atoms with Crippen molar-refractivity contribution in [2.45, 2.75) is 13.0 Å². The summed E-state index contributed by atoms with van der Waals surface area (Å²) in [4.78, 5) is 24.1. The van der Waals surface area contributed by atoms with Crippen molar-refractivity contribution in [3.8, 4) is 11.5 Å². The molecule has 0 unspecified atom stereocenters. The van der Waals surface area contributed by atoms with E-state index in [1.807, 2.05) is 30.3 Å². The predicted octanol–water partition coefficient (Wildman–Crippen LogP) is 5.82. The molecule has 34 heavy (non-hydrogen) atoms. The summed E-state index contributed by atoms with van der Waals surface area (Å²) in [6, 6.07) is 18.1. The average Bonchev–Trinajstić information content (AvgIpc) is 2.81. The van der Waals surface area contributed by atoms with E-state index < -0.39 is 18.2 Å². The lowest BCUT2D eigenvalue weighted by Gasteiger charge is -2.13. The number of hydrogen-bond donors (Lipinski definition) is 2. The van der Waals surface area contributed by atoms with E-state index >= 15 is 0 Å². The van der Waals surface area contributed by atoms with E-state index in [-0.39, 0.29) is 5.02 Å². The number of anilines is 1. The first kappa shape index (κ1) is 25.6. The highest BCUT2D eigenvalue weighted by atomic mass is 79.9. The lowest BCUT2D eigenvalue weighted by Crippen LogP contribution is -2.24. The van der Waals surface area contributed by atoms with E-state index in [1.54, 1.807) is 30.3 Å². The van der Waals surface area contributed by atoms with Gasteiger partial charge in [-0.3, -0.25) is 9.59 Å². The molecule has 0 fully saturated rings. The summed E-state index contributed by atoms with van der Waals surface area (Å²) < 4.78 is 12.0. The van der Waals surface area contributed by atoms with Gasteiger partial charge in [-0.05, 0) is 51.3 Å². The number of ether oxygens (including phenoxy) is 2. The van der Waals surface area contributed by atoms with Crippen LogP contribution in [0.25, 0.3) is 0 Å². The molecule has 0 aliphatic heterocycles. The van der Waals surface area contributed by atoms with Gasteiger partial charge in [0.25, 0.3) is 0 Å². The molecule has 0 aliphatic carbocycles. The number of amides is 2. The lowest BCUT2D eigenvalue weighted by molar-refractivity contribution is -0.126. The fourth-order valence-corrected chi connectivity index (χ4v) is 3.76. The maximum atomic E-state index is 12.1. The monoisotopic (exact) mass is 563 g/mol. The number of benzene rings is 3. The van der Waals surface area contributed by atoms with Crippen molar-refractivity contribution in [1.29, 1.82) is 0 Å². The Bertz CT molecular complexity index is 1210. The molecule has 7 nitrogen and oxygen atoms in total. The normalized spacial score (nSPS) is 10.7. The zero-order valence-corrected chi connectivity index (χ0v) is 21.1. The van der Waals surface area contributed by atoms with Crippen LogP contribution in [-0.4, -0.2) is 25.1 Å². The second-order valence-corrected chi connectivity index (χ2v) is 8.57. The number of nitrogens with one attached hydrogen (secondary N) is 2. The van der Waals surface area contributed by atoms with Crippen molar-refractivity contribution in [2.24, 2.45) is 5.10 Å². The Morgan fingerprint density at radius 1 is 1.06 bits per heavy atom. The minimum absolute atomic E-state index is 0.201. The van der Waals surface area contributed by atoms with Gasteiger partial charge in [-0.15, -0.1) is 0 Å². The molecule has 3 rings (SSSR count). The van der Waals surface area contributed by atoms with Crippen molar-refractivity contribution in [2.75, 3.05) is 12.4 Å². The van der Waals surface area contributed by atoms with Crippen LogP contribution in [-0.2, 0) is 16.2 Å². The number of rotatable bonds is 9. The molecular formula is C24H20BrCl2N3O4. The molecule has 3 aromatic carbocycles. The molecular weight excluding hydrogens is 545 g/mol. The summed E-state index contributed by atoms with van der Waals surface area (Å²) >= 11 is 15.4. The van der Waals surface area contributed by atoms with Gasteiger partial charge < -0.3 is 14.8 Å². The minimum Gasteiger partial charge on any atom is -0.493 e. The molecule has 0 saturated carbocycles. The Morgan fingerprint density at radius 2 is 1.82 bits per heavy atom. The van der Waals surface area contributed by atoms with Crippen LogP contribution in [0.3, 0.4) is 0 Å². The molecule has 0 saturated heterocycles. The van der Waals surface area contributed by atoms with Crippen LogP contribution in [0, 0.1) is 0 Å². The number of methoxy groups -OCH3 is 1. The van der Waals surface area contributed by atoms with Crippen LogP contribution >= 0.6 is 39.1 Å². The van der Waals surface area contributed by atoms with Crippen LogP contribution in [0.4, 0.5) is 5.69 Å². The summed E-state index contributed by atoms with van der Waals surface area (Å²) in [7, 11) is 1.53. The quantitative estimate of drug-likeness (QED) is 0.195. The molecule has 0 spiro atoms. The lowest BCUT2D eigenvalue weighted by atomic mass is 10.2. The molecule has 3 aromatic rings. The predicted molar refractivity (Wildman–Crippen MR) is 137 cm³/mol. The molecule has 10 heteroatoms. The summed E-state index contributed by atoms with van der Waals surface area (Å²) in [5.41, 5.74) is 4.30. The average molecular weight is 565 g/mol. The van der Waals surface area contributed by atoms with Gasteiger partial charge in [0, 0.05) is 0 Å². The van der Waals surface area contributed by atoms with E-state index in [0.717, 1.165) is 5.56 Å². The summed E-state index contributed by atoms with van der Waals surface area (Å²) in [5, 5.41) is 6.94. The van der Waals surface area contributed by atoms with Gasteiger partial charge in [-0.25, -0.2) is 5.43 Å². The molecule has 0 bridgehead atoms. The minimum atomic E-state index is -0.597. The van der Waals surface area contributed by atoms with Crippen molar-refractivity contribution in [3.63, 3.8) is 0 Å². The third-order valence-corrected chi connectivity index (χ3v) is 5.84. The van der Waals surface area contributed by atoms with E-state index in [4.69, 9.17) is 32.7 Å². The molecule has 0 heterocycles. The summed E-state index contributed by atoms with van der Waals surface area (Å²) in [6.45, 7) is 0.377. The Hall–Kier alpha value is -3.07. The van der Waals surface area contributed by atoms with Crippen molar-refractivity contribution < 1.29 is 19.1 Å². The topological polar surface area (TPSA) is 89.0 Å². The standard InChI is InChI=1S/C24H20BrCl2N3O4/c1-33-20-11-16(10-17(25)24(20)34-14-15-6-3-2-4-7-15)13-28-30-22(32)12-21(31)29-19-9-5-8-18(26)23(19)27/h2-11,13H,12,14H2,1H3,(H,29,31)(H,30,32). The molecule has 2 amide bonds. The first-order valence-corrected chi connectivity index (χ1v) is 11.5. The fraction of sp³-hybridized carbons (Fsp3) is 0.125. The Balaban J connectivity index is 1.57. The second-order valence-electron chi connectivity index (χ2n) is 6.93. The van der Waals surface area contributed by atoms with Crippen LogP contribution in [0.2, 0.25) is 10.0 Å². The maximum Gasteiger partial charge on any atom is 0.249 e. The first-order valence-electron chi connectivity index (χ1n) is 9.97. The van der Waals surface area contributed by atoms with Gasteiger partial charge in [-0.1, -0.05) is 59.6 Å². The van der Waals surface area contributed by atoms with Crippen molar-refractivity contribution in [3.05, 3.63) is 86.3 Å². The van der Waals surface area contributed by atoms with Crippen LogP contribution < -0.4 is 20.2 Å². The van der Waals surface area contributed by atoms with Gasteiger partial charge in [0.1, 0.15) is 13.0 Å². The highest BCUT2D eigenvalue weighted by Crippen LogP contribution is 2.37. The molecule has 0 atom stereocenters. The van der Waals surface area contributed by atoms with E-state index in [9.17, 15) is 9.59 Å². The molecule has 0 radical (unpaired) electrons. The van der Waals surface area contributed by atoms with Crippen LogP contribution in [0.15, 0.2) is 70.2 Å². The number of carbonyl (C=O) groups excluding carboxylic acids is 2. The zero-order chi connectivity index (χ0) is 24.5. The summed E-state index contributed by atoms with van der Waals surface area (Å²) in [5.74, 6) is -0.110. The van der Waals surface area contributed by atoms with Gasteiger partial charge in [0.15, 0.2) is 11.5 Å². The smallest absolute Gasteiger partial charge is 0.249 e. The van der Waals surface area contributed by atoms with Gasteiger partial charge in [-0.2, -0.15) is 5.10 Å². The van der Waals surface area contributed by atoms with E-state index in [0.29, 0.717) is 38.9 Å². The molecule has 0 aromatic heterocycles. The fourth-order valence-electron chi connectivity index (χ4n) is 2.84. The van der Waals surface area contributed by atoms with Crippen molar-refractivity contribution in [1.82, 2.24) is 5.43 Å². The highest BCUT2D eigenvalue weighted by molar-refractivity contribution is 9.10. The zero-order valence-electron chi connectivity index (χ0n) is 18.0. The van der Waals surface area contributed by atoms with Crippen LogP contribution in [0.5, 0.6) is 11.5 Å². The highest BCUT2D eigenvalue weighted by Gasteiger charge is 2.13. The third kappa shape index (κ3) is 7.21. The largest absolute Gasteiger partial charge is 0.493 e. The van der Waals surface area contributed by atoms with Gasteiger partial charge in [0.2, 0.25) is 11.8 Å². The number of halogens is 3. The molecule has 176 valence electrons. The Labute approximate surface area is 215 Å². The van der Waals surface area contributed by atoms with Crippen molar-refractivity contribution >= 4 is 62.8 Å². The van der Waals surface area contributed by atoms with Gasteiger partial charge in [0.05, 0.1) is 33.5 Å². The van der Waals surface area contributed by atoms with Crippen LogP contribution in [0.1, 0.15) is 17.5 Å². The SMILES string of the molecule is COc1cc(C=NNC(=O)CC(=O)Nc2cccc(Cl)c2Cl)cc(Br)c1OCc1ccccc1. The Morgan fingerprint density at radius 3 is 2.56 bits per heavy atom. The Kier molecular flexibility index (Phi) is 9.33. The summed E-state index contributed by atoms with van der Waals surface area (Å²) in [6.07, 6.45) is 0.983. The first-order chi connectivity index (χ1) is 16.4.